The number of carbonyl (C=O) groups excluding carboxylic acids is 2. The van der Waals surface area contributed by atoms with Gasteiger partial charge in [0.25, 0.3) is 11.8 Å². The van der Waals surface area contributed by atoms with Gasteiger partial charge in [0.15, 0.2) is 6.61 Å². The molecule has 0 saturated heterocycles. The molecule has 2 rings (SSSR count). The van der Waals surface area contributed by atoms with E-state index < -0.39 is 11.8 Å². The third-order valence-corrected chi connectivity index (χ3v) is 4.17. The Bertz CT molecular complexity index is 881. The number of hydrogen-bond acceptors (Lipinski definition) is 4. The molecule has 0 spiro atoms. The van der Waals surface area contributed by atoms with Gasteiger partial charge < -0.3 is 9.47 Å². The van der Waals surface area contributed by atoms with Crippen molar-refractivity contribution in [3.05, 3.63) is 65.2 Å². The van der Waals surface area contributed by atoms with E-state index in [2.05, 4.69) is 31.6 Å². The Hall–Kier alpha value is -3.28. The molecule has 0 heterocycles. The van der Waals surface area contributed by atoms with Gasteiger partial charge in [-0.3, -0.25) is 20.4 Å². The van der Waals surface area contributed by atoms with Crippen molar-refractivity contribution in [2.45, 2.75) is 33.1 Å². The first-order valence-electron chi connectivity index (χ1n) is 9.34. The van der Waals surface area contributed by atoms with Crippen LogP contribution in [0, 0.1) is 6.92 Å². The zero-order valence-electron chi connectivity index (χ0n) is 17.5. The summed E-state index contributed by atoms with van der Waals surface area (Å²) in [6, 6.07) is 13.2. The molecule has 0 aliphatic carbocycles. The Balaban J connectivity index is 1.85. The average Bonchev–Trinajstić information content (AvgIpc) is 2.68. The topological polar surface area (TPSA) is 76.7 Å². The van der Waals surface area contributed by atoms with E-state index in [-0.39, 0.29) is 12.0 Å². The fourth-order valence-corrected chi connectivity index (χ4v) is 2.61. The summed E-state index contributed by atoms with van der Waals surface area (Å²) in [5.41, 5.74) is 7.47. The van der Waals surface area contributed by atoms with Crippen molar-refractivity contribution in [3.8, 4) is 11.5 Å². The average molecular weight is 396 g/mol. The molecule has 2 amide bonds. The van der Waals surface area contributed by atoms with Crippen LogP contribution in [0.15, 0.2) is 48.5 Å². The van der Waals surface area contributed by atoms with Crippen LogP contribution in [0.2, 0.25) is 0 Å². The van der Waals surface area contributed by atoms with Gasteiger partial charge >= 0.3 is 0 Å². The van der Waals surface area contributed by atoms with Crippen molar-refractivity contribution in [1.29, 1.82) is 0 Å². The quantitative estimate of drug-likeness (QED) is 0.578. The van der Waals surface area contributed by atoms with E-state index in [1.807, 2.05) is 37.3 Å². The second-order valence-corrected chi connectivity index (χ2v) is 7.68. The lowest BCUT2D eigenvalue weighted by Gasteiger charge is -2.23. The molecule has 0 atom stereocenters. The molecule has 0 aliphatic heterocycles. The molecule has 0 radical (unpaired) electrons. The molecule has 0 saturated carbocycles. The van der Waals surface area contributed by atoms with Gasteiger partial charge in [-0.05, 0) is 53.3 Å². The second kappa shape index (κ2) is 9.78. The molecule has 154 valence electrons. The Labute approximate surface area is 171 Å². The van der Waals surface area contributed by atoms with Gasteiger partial charge in [-0.25, -0.2) is 0 Å². The maximum Gasteiger partial charge on any atom is 0.276 e. The molecule has 0 fully saturated rings. The summed E-state index contributed by atoms with van der Waals surface area (Å²) in [5.74, 6) is 0.512. The Morgan fingerprint density at radius 3 is 2.34 bits per heavy atom. The number of aryl methyl sites for hydroxylation is 1. The van der Waals surface area contributed by atoms with Gasteiger partial charge in [0.2, 0.25) is 0 Å². The van der Waals surface area contributed by atoms with Crippen LogP contribution in [-0.4, -0.2) is 25.5 Å². The molecule has 0 aromatic heterocycles. The standard InChI is InChI=1S/C23H28N2O4/c1-16-6-12-19(23(2,3)4)20(14-16)29-15-22(27)25-24-21(26)13-9-17-7-10-18(28-5)11-8-17/h6-14H,15H2,1-5H3,(H,24,26)(H,25,27)/b13-9+. The summed E-state index contributed by atoms with van der Waals surface area (Å²) in [5, 5.41) is 0. The van der Waals surface area contributed by atoms with Crippen LogP contribution in [0.4, 0.5) is 0 Å². The second-order valence-electron chi connectivity index (χ2n) is 7.68. The predicted molar refractivity (Wildman–Crippen MR) is 114 cm³/mol. The lowest BCUT2D eigenvalue weighted by Crippen LogP contribution is -2.43. The number of hydrazine groups is 1. The first-order valence-corrected chi connectivity index (χ1v) is 9.34. The van der Waals surface area contributed by atoms with Crippen LogP contribution in [0.3, 0.4) is 0 Å². The Morgan fingerprint density at radius 1 is 1.03 bits per heavy atom. The van der Waals surface area contributed by atoms with E-state index in [9.17, 15) is 9.59 Å². The highest BCUT2D eigenvalue weighted by Gasteiger charge is 2.19. The molecule has 0 bridgehead atoms. The Kier molecular flexibility index (Phi) is 7.42. The smallest absolute Gasteiger partial charge is 0.276 e. The minimum absolute atomic E-state index is 0.111. The van der Waals surface area contributed by atoms with Gasteiger partial charge in [0, 0.05) is 6.08 Å². The third-order valence-electron chi connectivity index (χ3n) is 4.17. The van der Waals surface area contributed by atoms with E-state index in [4.69, 9.17) is 9.47 Å². The number of rotatable bonds is 6. The molecule has 2 aromatic carbocycles. The molecule has 6 nitrogen and oxygen atoms in total. The van der Waals surface area contributed by atoms with Crippen molar-refractivity contribution >= 4 is 17.9 Å². The molecule has 6 heteroatoms. The lowest BCUT2D eigenvalue weighted by atomic mass is 9.86. The summed E-state index contributed by atoms with van der Waals surface area (Å²) >= 11 is 0. The minimum Gasteiger partial charge on any atom is -0.497 e. The fraction of sp³-hybridized carbons (Fsp3) is 0.304. The van der Waals surface area contributed by atoms with Gasteiger partial charge in [0.1, 0.15) is 11.5 Å². The molecule has 2 aromatic rings. The maximum atomic E-state index is 12.0. The maximum absolute atomic E-state index is 12.0. The van der Waals surface area contributed by atoms with Gasteiger partial charge in [0.05, 0.1) is 7.11 Å². The fourth-order valence-electron chi connectivity index (χ4n) is 2.61. The highest BCUT2D eigenvalue weighted by Crippen LogP contribution is 2.32. The zero-order valence-corrected chi connectivity index (χ0v) is 17.5. The van der Waals surface area contributed by atoms with Gasteiger partial charge in [-0.2, -0.15) is 0 Å². The monoisotopic (exact) mass is 396 g/mol. The number of carbonyl (C=O) groups is 2. The predicted octanol–water partition coefficient (Wildman–Crippen LogP) is 3.54. The first kappa shape index (κ1) is 22.0. The summed E-state index contributed by atoms with van der Waals surface area (Å²) in [6.45, 7) is 8.02. The van der Waals surface area contributed by atoms with E-state index in [1.54, 1.807) is 25.3 Å². The van der Waals surface area contributed by atoms with E-state index in [1.165, 1.54) is 6.08 Å². The van der Waals surface area contributed by atoms with E-state index in [0.29, 0.717) is 5.75 Å². The number of ether oxygens (including phenoxy) is 2. The minimum atomic E-state index is -0.447. The number of hydrogen-bond donors (Lipinski definition) is 2. The molecule has 0 aliphatic rings. The van der Waals surface area contributed by atoms with Crippen LogP contribution in [-0.2, 0) is 15.0 Å². The Morgan fingerprint density at radius 2 is 1.72 bits per heavy atom. The summed E-state index contributed by atoms with van der Waals surface area (Å²) in [4.78, 5) is 23.9. The van der Waals surface area contributed by atoms with Crippen LogP contribution in [0.1, 0.15) is 37.5 Å². The molecule has 29 heavy (non-hydrogen) atoms. The number of benzene rings is 2. The number of amides is 2. The molecular weight excluding hydrogens is 368 g/mol. The van der Waals surface area contributed by atoms with Crippen LogP contribution in [0.5, 0.6) is 11.5 Å². The zero-order chi connectivity index (χ0) is 21.4. The largest absolute Gasteiger partial charge is 0.497 e. The number of methoxy groups -OCH3 is 1. The lowest BCUT2D eigenvalue weighted by molar-refractivity contribution is -0.128. The van der Waals surface area contributed by atoms with Crippen molar-refractivity contribution in [1.82, 2.24) is 10.9 Å². The van der Waals surface area contributed by atoms with Crippen molar-refractivity contribution in [2.75, 3.05) is 13.7 Å². The van der Waals surface area contributed by atoms with Crippen molar-refractivity contribution in [3.63, 3.8) is 0 Å². The number of nitrogens with one attached hydrogen (secondary N) is 2. The van der Waals surface area contributed by atoms with Gasteiger partial charge in [-0.15, -0.1) is 0 Å². The summed E-state index contributed by atoms with van der Waals surface area (Å²) in [7, 11) is 1.59. The molecule has 0 unspecified atom stereocenters. The molecule has 2 N–H and O–H groups in total. The van der Waals surface area contributed by atoms with Gasteiger partial charge in [-0.1, -0.05) is 45.0 Å². The van der Waals surface area contributed by atoms with Crippen molar-refractivity contribution in [2.24, 2.45) is 0 Å². The van der Waals surface area contributed by atoms with Crippen molar-refractivity contribution < 1.29 is 19.1 Å². The van der Waals surface area contributed by atoms with Crippen LogP contribution in [0.25, 0.3) is 6.08 Å². The normalized spacial score (nSPS) is 11.2. The highest BCUT2D eigenvalue weighted by molar-refractivity contribution is 5.93. The van der Waals surface area contributed by atoms with Crippen LogP contribution >= 0.6 is 0 Å². The van der Waals surface area contributed by atoms with Crippen LogP contribution < -0.4 is 20.3 Å². The SMILES string of the molecule is COc1ccc(/C=C/C(=O)NNC(=O)COc2cc(C)ccc2C(C)(C)C)cc1. The van der Waals surface area contributed by atoms with E-state index in [0.717, 1.165) is 22.4 Å². The summed E-state index contributed by atoms with van der Waals surface area (Å²) in [6.07, 6.45) is 2.97. The van der Waals surface area contributed by atoms with E-state index >= 15 is 0 Å². The third kappa shape index (κ3) is 6.99. The highest BCUT2D eigenvalue weighted by atomic mass is 16.5. The first-order chi connectivity index (χ1) is 13.7. The molecular formula is C23H28N2O4. The summed E-state index contributed by atoms with van der Waals surface area (Å²) < 4.78 is 10.8.